The minimum absolute atomic E-state index is 0.112. The van der Waals surface area contributed by atoms with Gasteiger partial charge < -0.3 is 4.74 Å². The molecule has 1 unspecified atom stereocenters. The van der Waals surface area contributed by atoms with Gasteiger partial charge in [-0.2, -0.15) is 0 Å². The first-order valence-corrected chi connectivity index (χ1v) is 6.92. The Balaban J connectivity index is 2.35. The Hall–Kier alpha value is -0.580. The highest BCUT2D eigenvalue weighted by Crippen LogP contribution is 2.08. The van der Waals surface area contributed by atoms with Gasteiger partial charge in [0, 0.05) is 10.7 Å². The van der Waals surface area contributed by atoms with E-state index in [2.05, 4.69) is 0 Å². The summed E-state index contributed by atoms with van der Waals surface area (Å²) in [6.45, 7) is 2.03. The number of benzene rings is 1. The Morgan fingerprint density at radius 3 is 2.47 bits per heavy atom. The van der Waals surface area contributed by atoms with E-state index in [4.69, 9.17) is 15.4 Å². The fraction of sp³-hybridized carbons (Fsp3) is 0.400. The zero-order chi connectivity index (χ0) is 11.3. The molecule has 5 heteroatoms. The van der Waals surface area contributed by atoms with Gasteiger partial charge in [0.1, 0.15) is 0 Å². The van der Waals surface area contributed by atoms with Crippen molar-refractivity contribution in [2.24, 2.45) is 0 Å². The van der Waals surface area contributed by atoms with Crippen LogP contribution in [0.5, 0.6) is 0 Å². The summed E-state index contributed by atoms with van der Waals surface area (Å²) in [6, 6.07) is 9.55. The number of ether oxygens (including phenoxy) is 1. The topological polar surface area (TPSA) is 43.4 Å². The SMILES string of the molecule is CC(COCc1ccccc1)S(=O)(=O)Cl. The molecule has 3 nitrogen and oxygen atoms in total. The quantitative estimate of drug-likeness (QED) is 0.750. The molecule has 1 aromatic carbocycles. The Kier molecular flexibility index (Phi) is 4.57. The third-order valence-corrected chi connectivity index (χ3v) is 3.95. The van der Waals surface area contributed by atoms with E-state index in [0.29, 0.717) is 6.61 Å². The van der Waals surface area contributed by atoms with E-state index < -0.39 is 14.3 Å². The zero-order valence-electron chi connectivity index (χ0n) is 8.39. The van der Waals surface area contributed by atoms with Gasteiger partial charge in [-0.3, -0.25) is 0 Å². The van der Waals surface area contributed by atoms with Crippen LogP contribution in [-0.4, -0.2) is 20.3 Å². The molecule has 0 amide bonds. The summed E-state index contributed by atoms with van der Waals surface area (Å²) in [5.74, 6) is 0. The second kappa shape index (κ2) is 5.49. The monoisotopic (exact) mass is 248 g/mol. The average Bonchev–Trinajstić information content (AvgIpc) is 2.18. The van der Waals surface area contributed by atoms with Crippen molar-refractivity contribution in [3.8, 4) is 0 Å². The number of rotatable bonds is 5. The van der Waals surface area contributed by atoms with Gasteiger partial charge in [-0.05, 0) is 12.5 Å². The van der Waals surface area contributed by atoms with Crippen molar-refractivity contribution in [1.29, 1.82) is 0 Å². The first-order chi connectivity index (χ1) is 7.00. The molecule has 0 spiro atoms. The van der Waals surface area contributed by atoms with Crippen LogP contribution in [0.4, 0.5) is 0 Å². The molecule has 0 radical (unpaired) electrons. The van der Waals surface area contributed by atoms with E-state index in [1.165, 1.54) is 6.92 Å². The molecule has 0 fully saturated rings. The Morgan fingerprint density at radius 1 is 1.33 bits per heavy atom. The molecule has 0 bridgehead atoms. The minimum Gasteiger partial charge on any atom is -0.375 e. The van der Waals surface area contributed by atoms with Crippen molar-refractivity contribution in [1.82, 2.24) is 0 Å². The summed E-state index contributed by atoms with van der Waals surface area (Å²) in [7, 11) is 1.65. The van der Waals surface area contributed by atoms with E-state index in [1.807, 2.05) is 30.3 Å². The van der Waals surface area contributed by atoms with Crippen LogP contribution in [0.1, 0.15) is 12.5 Å². The minimum atomic E-state index is -3.51. The van der Waals surface area contributed by atoms with Gasteiger partial charge in [0.15, 0.2) is 0 Å². The van der Waals surface area contributed by atoms with Gasteiger partial charge in [0.2, 0.25) is 9.05 Å². The van der Waals surface area contributed by atoms with Crippen LogP contribution in [0.15, 0.2) is 30.3 Å². The van der Waals surface area contributed by atoms with E-state index >= 15 is 0 Å². The second-order valence-electron chi connectivity index (χ2n) is 3.29. The highest BCUT2D eigenvalue weighted by atomic mass is 35.7. The molecule has 0 aliphatic heterocycles. The molecule has 0 N–H and O–H groups in total. The normalized spacial score (nSPS) is 13.7. The average molecular weight is 249 g/mol. The molecule has 1 aromatic rings. The van der Waals surface area contributed by atoms with Crippen molar-refractivity contribution >= 4 is 19.7 Å². The smallest absolute Gasteiger partial charge is 0.237 e. The third kappa shape index (κ3) is 4.64. The molecule has 0 aliphatic rings. The highest BCUT2D eigenvalue weighted by molar-refractivity contribution is 8.14. The maximum atomic E-state index is 10.9. The Morgan fingerprint density at radius 2 is 1.93 bits per heavy atom. The van der Waals surface area contributed by atoms with Crippen LogP contribution in [0.25, 0.3) is 0 Å². The molecule has 15 heavy (non-hydrogen) atoms. The second-order valence-corrected chi connectivity index (χ2v) is 6.33. The fourth-order valence-electron chi connectivity index (χ4n) is 0.998. The lowest BCUT2D eigenvalue weighted by Crippen LogP contribution is -2.18. The van der Waals surface area contributed by atoms with E-state index in [9.17, 15) is 8.42 Å². The molecule has 0 heterocycles. The van der Waals surface area contributed by atoms with Crippen LogP contribution in [-0.2, 0) is 20.4 Å². The first kappa shape index (κ1) is 12.5. The summed E-state index contributed by atoms with van der Waals surface area (Å²) in [5, 5.41) is -0.678. The molecule has 0 saturated carbocycles. The lowest BCUT2D eigenvalue weighted by Gasteiger charge is -2.08. The Bertz CT molecular complexity index is 388. The molecule has 1 rings (SSSR count). The predicted molar refractivity (Wildman–Crippen MR) is 60.3 cm³/mol. The molecule has 84 valence electrons. The first-order valence-electron chi connectivity index (χ1n) is 4.55. The maximum absolute atomic E-state index is 10.9. The molecular weight excluding hydrogens is 236 g/mol. The summed E-state index contributed by atoms with van der Waals surface area (Å²) in [6.07, 6.45) is 0. The Labute approximate surface area is 94.4 Å². The molecule has 0 aromatic heterocycles. The summed E-state index contributed by atoms with van der Waals surface area (Å²) in [5.41, 5.74) is 1.01. The number of hydrogen-bond donors (Lipinski definition) is 0. The van der Waals surface area contributed by atoms with Crippen LogP contribution in [0, 0.1) is 0 Å². The van der Waals surface area contributed by atoms with Crippen molar-refractivity contribution in [3.63, 3.8) is 0 Å². The maximum Gasteiger partial charge on any atom is 0.237 e. The van der Waals surface area contributed by atoms with Crippen molar-refractivity contribution < 1.29 is 13.2 Å². The molecule has 0 aliphatic carbocycles. The molecule has 0 saturated heterocycles. The predicted octanol–water partition coefficient (Wildman–Crippen LogP) is 2.16. The van der Waals surface area contributed by atoms with Gasteiger partial charge in [-0.25, -0.2) is 8.42 Å². The summed E-state index contributed by atoms with van der Waals surface area (Å²) < 4.78 is 27.0. The van der Waals surface area contributed by atoms with Crippen LogP contribution in [0.3, 0.4) is 0 Å². The van der Waals surface area contributed by atoms with Crippen LogP contribution in [0.2, 0.25) is 0 Å². The number of halogens is 1. The molecular formula is C10H13ClO3S. The van der Waals surface area contributed by atoms with Gasteiger partial charge in [0.05, 0.1) is 18.5 Å². The summed E-state index contributed by atoms with van der Waals surface area (Å²) >= 11 is 0. The standard InChI is InChI=1S/C10H13ClO3S/c1-9(15(11,12)13)7-14-8-10-5-3-2-4-6-10/h2-6,9H,7-8H2,1H3. The van der Waals surface area contributed by atoms with Crippen molar-refractivity contribution in [2.75, 3.05) is 6.61 Å². The summed E-state index contributed by atoms with van der Waals surface area (Å²) in [4.78, 5) is 0. The van der Waals surface area contributed by atoms with Gasteiger partial charge in [-0.15, -0.1) is 0 Å². The van der Waals surface area contributed by atoms with Crippen molar-refractivity contribution in [2.45, 2.75) is 18.8 Å². The fourth-order valence-corrected chi connectivity index (χ4v) is 1.41. The van der Waals surface area contributed by atoms with E-state index in [-0.39, 0.29) is 6.61 Å². The largest absolute Gasteiger partial charge is 0.375 e. The van der Waals surface area contributed by atoms with Crippen LogP contribution >= 0.6 is 10.7 Å². The zero-order valence-corrected chi connectivity index (χ0v) is 9.96. The highest BCUT2D eigenvalue weighted by Gasteiger charge is 2.17. The van der Waals surface area contributed by atoms with Gasteiger partial charge in [-0.1, -0.05) is 30.3 Å². The molecule has 1 atom stereocenters. The van der Waals surface area contributed by atoms with Gasteiger partial charge in [0.25, 0.3) is 0 Å². The van der Waals surface area contributed by atoms with Crippen molar-refractivity contribution in [3.05, 3.63) is 35.9 Å². The lowest BCUT2D eigenvalue weighted by atomic mass is 10.2. The lowest BCUT2D eigenvalue weighted by molar-refractivity contribution is 0.123. The van der Waals surface area contributed by atoms with Gasteiger partial charge >= 0.3 is 0 Å². The van der Waals surface area contributed by atoms with E-state index in [1.54, 1.807) is 0 Å². The third-order valence-electron chi connectivity index (χ3n) is 1.94. The van der Waals surface area contributed by atoms with Crippen LogP contribution < -0.4 is 0 Å². The van der Waals surface area contributed by atoms with E-state index in [0.717, 1.165) is 5.56 Å². The number of hydrogen-bond acceptors (Lipinski definition) is 3.